The van der Waals surface area contributed by atoms with Crippen molar-refractivity contribution in [2.75, 3.05) is 11.9 Å². The number of nitrogens with zero attached hydrogens (tertiary/aromatic N) is 1. The van der Waals surface area contributed by atoms with Crippen LogP contribution in [0.2, 0.25) is 0 Å². The van der Waals surface area contributed by atoms with Gasteiger partial charge in [-0.25, -0.2) is 0 Å². The number of carbonyl (C=O) groups excluding carboxylic acids is 1. The smallest absolute Gasteiger partial charge is 0.255 e. The number of ether oxygens (including phenoxy) is 2. The summed E-state index contributed by atoms with van der Waals surface area (Å²) in [6.45, 7) is 2.53. The zero-order chi connectivity index (χ0) is 19.1. The molecule has 1 amide bonds. The molecule has 0 aliphatic carbocycles. The monoisotopic (exact) mass is 358 g/mol. The molecule has 0 atom stereocenters. The van der Waals surface area contributed by atoms with Crippen LogP contribution in [0.15, 0.2) is 72.8 Å². The lowest BCUT2D eigenvalue weighted by Gasteiger charge is -2.13. The van der Waals surface area contributed by atoms with E-state index in [1.165, 1.54) is 0 Å². The first-order valence-electron chi connectivity index (χ1n) is 8.51. The van der Waals surface area contributed by atoms with Crippen molar-refractivity contribution in [1.82, 2.24) is 0 Å². The van der Waals surface area contributed by atoms with Crippen LogP contribution in [0.5, 0.6) is 17.2 Å². The maximum Gasteiger partial charge on any atom is 0.255 e. The molecule has 0 saturated carbocycles. The third-order valence-corrected chi connectivity index (χ3v) is 3.75. The molecule has 0 saturated heterocycles. The number of carbonyl (C=O) groups is 1. The van der Waals surface area contributed by atoms with Crippen LogP contribution in [0.3, 0.4) is 0 Å². The van der Waals surface area contributed by atoms with Gasteiger partial charge in [-0.3, -0.25) is 4.79 Å². The summed E-state index contributed by atoms with van der Waals surface area (Å²) in [5.74, 6) is 1.61. The first kappa shape index (κ1) is 18.0. The van der Waals surface area contributed by atoms with E-state index >= 15 is 0 Å². The molecule has 5 heteroatoms. The highest BCUT2D eigenvalue weighted by Gasteiger charge is 2.11. The minimum Gasteiger partial charge on any atom is -0.494 e. The Morgan fingerprint density at radius 3 is 2.48 bits per heavy atom. The molecular weight excluding hydrogens is 340 g/mol. The molecule has 0 heterocycles. The first-order chi connectivity index (χ1) is 13.2. The van der Waals surface area contributed by atoms with Crippen LogP contribution in [0, 0.1) is 11.3 Å². The largest absolute Gasteiger partial charge is 0.494 e. The summed E-state index contributed by atoms with van der Waals surface area (Å²) in [4.78, 5) is 12.5. The van der Waals surface area contributed by atoms with E-state index in [1.54, 1.807) is 48.5 Å². The van der Waals surface area contributed by atoms with Crippen molar-refractivity contribution in [3.63, 3.8) is 0 Å². The SMILES string of the molecule is CCOc1ccc(Oc2ccccc2NC(=O)c2cccc(C#N)c2)cc1. The molecule has 27 heavy (non-hydrogen) atoms. The van der Waals surface area contributed by atoms with Gasteiger partial charge in [0.05, 0.1) is 23.9 Å². The van der Waals surface area contributed by atoms with Crippen LogP contribution in [-0.2, 0) is 0 Å². The minimum absolute atomic E-state index is 0.310. The van der Waals surface area contributed by atoms with Crippen molar-refractivity contribution in [3.8, 4) is 23.3 Å². The molecule has 3 rings (SSSR count). The van der Waals surface area contributed by atoms with Crippen LogP contribution in [-0.4, -0.2) is 12.5 Å². The summed E-state index contributed by atoms with van der Waals surface area (Å²) in [7, 11) is 0. The summed E-state index contributed by atoms with van der Waals surface area (Å²) >= 11 is 0. The Morgan fingerprint density at radius 2 is 1.74 bits per heavy atom. The van der Waals surface area contributed by atoms with E-state index in [2.05, 4.69) is 5.32 Å². The minimum atomic E-state index is -0.310. The van der Waals surface area contributed by atoms with Crippen LogP contribution < -0.4 is 14.8 Å². The average Bonchev–Trinajstić information content (AvgIpc) is 2.71. The van der Waals surface area contributed by atoms with Crippen molar-refractivity contribution in [2.45, 2.75) is 6.92 Å². The zero-order valence-corrected chi connectivity index (χ0v) is 14.8. The summed E-state index contributed by atoms with van der Waals surface area (Å²) in [5, 5.41) is 11.8. The second kappa shape index (κ2) is 8.54. The molecule has 0 unspecified atom stereocenters. The van der Waals surface area contributed by atoms with E-state index in [0.29, 0.717) is 34.9 Å². The number of benzene rings is 3. The number of rotatable bonds is 6. The normalized spacial score (nSPS) is 9.93. The number of amides is 1. The molecule has 0 aliphatic rings. The third kappa shape index (κ3) is 4.65. The van der Waals surface area contributed by atoms with Crippen LogP contribution in [0.1, 0.15) is 22.8 Å². The summed E-state index contributed by atoms with van der Waals surface area (Å²) < 4.78 is 11.3. The Labute approximate surface area is 157 Å². The van der Waals surface area contributed by atoms with E-state index in [-0.39, 0.29) is 5.91 Å². The quantitative estimate of drug-likeness (QED) is 0.673. The highest BCUT2D eigenvalue weighted by atomic mass is 16.5. The van der Waals surface area contributed by atoms with Crippen molar-refractivity contribution >= 4 is 11.6 Å². The third-order valence-electron chi connectivity index (χ3n) is 3.75. The van der Waals surface area contributed by atoms with Crippen LogP contribution >= 0.6 is 0 Å². The lowest BCUT2D eigenvalue weighted by Crippen LogP contribution is -2.12. The van der Waals surface area contributed by atoms with Crippen molar-refractivity contribution < 1.29 is 14.3 Å². The van der Waals surface area contributed by atoms with Gasteiger partial charge in [-0.1, -0.05) is 18.2 Å². The fourth-order valence-corrected chi connectivity index (χ4v) is 2.48. The van der Waals surface area contributed by atoms with Crippen molar-refractivity contribution in [2.24, 2.45) is 0 Å². The maximum atomic E-state index is 12.5. The van der Waals surface area contributed by atoms with Crippen LogP contribution in [0.4, 0.5) is 5.69 Å². The second-order valence-corrected chi connectivity index (χ2v) is 5.65. The molecule has 134 valence electrons. The van der Waals surface area contributed by atoms with Crippen molar-refractivity contribution in [1.29, 1.82) is 5.26 Å². The molecule has 0 aliphatic heterocycles. The second-order valence-electron chi connectivity index (χ2n) is 5.65. The Bertz CT molecular complexity index is 975. The van der Waals surface area contributed by atoms with Gasteiger partial charge in [0.25, 0.3) is 5.91 Å². The van der Waals surface area contributed by atoms with Gasteiger partial charge < -0.3 is 14.8 Å². The molecule has 0 radical (unpaired) electrons. The molecule has 0 aromatic heterocycles. The van der Waals surface area contributed by atoms with E-state index in [1.807, 2.05) is 37.3 Å². The lowest BCUT2D eigenvalue weighted by molar-refractivity contribution is 0.102. The van der Waals surface area contributed by atoms with E-state index in [9.17, 15) is 4.79 Å². The Kier molecular flexibility index (Phi) is 5.70. The highest BCUT2D eigenvalue weighted by Crippen LogP contribution is 2.30. The first-order valence-corrected chi connectivity index (χ1v) is 8.51. The molecular formula is C22H18N2O3. The van der Waals surface area contributed by atoms with Gasteiger partial charge in [0.2, 0.25) is 0 Å². The van der Waals surface area contributed by atoms with Gasteiger partial charge in [0.1, 0.15) is 11.5 Å². The number of para-hydroxylation sites is 2. The number of nitriles is 1. The Balaban J connectivity index is 1.77. The summed E-state index contributed by atoms with van der Waals surface area (Å²) in [6.07, 6.45) is 0. The Morgan fingerprint density at radius 1 is 1.00 bits per heavy atom. The van der Waals surface area contributed by atoms with Gasteiger partial charge in [-0.05, 0) is 61.5 Å². The molecule has 5 nitrogen and oxygen atoms in total. The molecule has 0 spiro atoms. The fraction of sp³-hybridized carbons (Fsp3) is 0.0909. The standard InChI is InChI=1S/C22H18N2O3/c1-2-26-18-10-12-19(13-11-18)27-21-9-4-3-8-20(21)24-22(25)17-7-5-6-16(14-17)15-23/h3-14H,2H2,1H3,(H,24,25). The molecule has 1 N–H and O–H groups in total. The van der Waals surface area contributed by atoms with Gasteiger partial charge in [-0.2, -0.15) is 5.26 Å². The predicted octanol–water partition coefficient (Wildman–Crippen LogP) is 5.00. The highest BCUT2D eigenvalue weighted by molar-refractivity contribution is 6.05. The topological polar surface area (TPSA) is 71.3 Å². The molecule has 3 aromatic rings. The number of anilines is 1. The van der Waals surface area contributed by atoms with Crippen molar-refractivity contribution in [3.05, 3.63) is 83.9 Å². The fourth-order valence-electron chi connectivity index (χ4n) is 2.48. The van der Waals surface area contributed by atoms with Gasteiger partial charge >= 0.3 is 0 Å². The predicted molar refractivity (Wildman–Crippen MR) is 103 cm³/mol. The zero-order valence-electron chi connectivity index (χ0n) is 14.8. The van der Waals surface area contributed by atoms with E-state index < -0.39 is 0 Å². The maximum absolute atomic E-state index is 12.5. The molecule has 0 fully saturated rings. The molecule has 3 aromatic carbocycles. The van der Waals surface area contributed by atoms with Gasteiger partial charge in [0, 0.05) is 5.56 Å². The average molecular weight is 358 g/mol. The summed E-state index contributed by atoms with van der Waals surface area (Å²) in [5.41, 5.74) is 1.38. The Hall–Kier alpha value is -3.78. The molecule has 0 bridgehead atoms. The summed E-state index contributed by atoms with van der Waals surface area (Å²) in [6, 6.07) is 23.0. The lowest BCUT2D eigenvalue weighted by atomic mass is 10.1. The van der Waals surface area contributed by atoms with E-state index in [4.69, 9.17) is 14.7 Å². The number of nitrogens with one attached hydrogen (secondary N) is 1. The van der Waals surface area contributed by atoms with Crippen LogP contribution in [0.25, 0.3) is 0 Å². The number of hydrogen-bond donors (Lipinski definition) is 1. The number of hydrogen-bond acceptors (Lipinski definition) is 4. The van der Waals surface area contributed by atoms with E-state index in [0.717, 1.165) is 5.75 Å². The van der Waals surface area contributed by atoms with Gasteiger partial charge in [-0.15, -0.1) is 0 Å². The van der Waals surface area contributed by atoms with Gasteiger partial charge in [0.15, 0.2) is 5.75 Å².